The van der Waals surface area contributed by atoms with Crippen molar-refractivity contribution in [2.45, 2.75) is 23.2 Å². The number of carbonyl (C=O) groups excluding carboxylic acids is 1. The van der Waals surface area contributed by atoms with Crippen molar-refractivity contribution in [2.75, 3.05) is 18.5 Å². The van der Waals surface area contributed by atoms with E-state index >= 15 is 0 Å². The van der Waals surface area contributed by atoms with E-state index in [1.807, 2.05) is 0 Å². The van der Waals surface area contributed by atoms with Crippen LogP contribution in [0.3, 0.4) is 0 Å². The van der Waals surface area contributed by atoms with Crippen LogP contribution in [-0.2, 0) is 37.9 Å². The van der Waals surface area contributed by atoms with Crippen molar-refractivity contribution >= 4 is 37.9 Å². The van der Waals surface area contributed by atoms with E-state index in [1.165, 1.54) is 24.3 Å². The van der Waals surface area contributed by atoms with Crippen molar-refractivity contribution in [3.05, 3.63) is 59.1 Å². The molecule has 1 aromatic carbocycles. The summed E-state index contributed by atoms with van der Waals surface area (Å²) in [6.45, 7) is 0.576. The van der Waals surface area contributed by atoms with Crippen LogP contribution in [-0.4, -0.2) is 53.3 Å². The van der Waals surface area contributed by atoms with Crippen LogP contribution in [0.4, 0.5) is 9.52 Å². The number of carbonyl (C=O) groups is 1. The summed E-state index contributed by atoms with van der Waals surface area (Å²) in [4.78, 5) is 22.0. The molecule has 33 heavy (non-hydrogen) atoms. The molecule has 1 aliphatic rings. The third-order valence-corrected chi connectivity index (χ3v) is 7.71. The third kappa shape index (κ3) is 5.43. The average Bonchev–Trinajstić information content (AvgIpc) is 3.55. The maximum atomic E-state index is 13.3. The van der Waals surface area contributed by atoms with Gasteiger partial charge in [0.05, 0.1) is 22.9 Å². The van der Waals surface area contributed by atoms with Crippen molar-refractivity contribution in [1.82, 2.24) is 14.8 Å². The standard InChI is InChI=1S/C20H20FN5O5S2/c1-26-8-6-14(24-26)11-31-25-18(19(27)23-20-22-10-17(21)32-20)13-2-4-15(5-3-13)33(28,29)16-7-9-30-12-16/h2-6,8,10,16H,7,9,11-12H2,1H3,(H,22,23,27)/t16-/m0/s1. The van der Waals surface area contributed by atoms with Crippen molar-refractivity contribution in [3.8, 4) is 0 Å². The molecule has 0 spiro atoms. The number of halogens is 1. The van der Waals surface area contributed by atoms with Crippen LogP contribution in [0.15, 0.2) is 52.8 Å². The van der Waals surface area contributed by atoms with Gasteiger partial charge in [-0.05, 0) is 24.6 Å². The summed E-state index contributed by atoms with van der Waals surface area (Å²) in [6, 6.07) is 7.49. The number of benzene rings is 1. The second-order valence-corrected chi connectivity index (χ2v) is 10.4. The molecule has 1 aliphatic heterocycles. The molecule has 174 valence electrons. The zero-order valence-electron chi connectivity index (χ0n) is 17.5. The first-order chi connectivity index (χ1) is 15.8. The van der Waals surface area contributed by atoms with E-state index in [2.05, 4.69) is 20.6 Å². The molecule has 0 bridgehead atoms. The number of ether oxygens (including phenoxy) is 1. The normalized spacial score (nSPS) is 16.7. The molecule has 1 atom stereocenters. The number of hydrogen-bond donors (Lipinski definition) is 1. The third-order valence-electron chi connectivity index (χ3n) is 4.83. The van der Waals surface area contributed by atoms with Crippen LogP contribution in [0.1, 0.15) is 17.7 Å². The van der Waals surface area contributed by atoms with Gasteiger partial charge >= 0.3 is 0 Å². The minimum Gasteiger partial charge on any atom is -0.389 e. The molecule has 0 aliphatic carbocycles. The number of sulfone groups is 1. The Balaban J connectivity index is 1.57. The summed E-state index contributed by atoms with van der Waals surface area (Å²) in [5.74, 6) is -0.690. The van der Waals surface area contributed by atoms with Crippen LogP contribution in [0, 0.1) is 5.13 Å². The minimum absolute atomic E-state index is 0.0116. The number of nitrogens with one attached hydrogen (secondary N) is 1. The fraction of sp³-hybridized carbons (Fsp3) is 0.300. The van der Waals surface area contributed by atoms with E-state index in [0.29, 0.717) is 35.6 Å². The molecular weight excluding hydrogens is 473 g/mol. The van der Waals surface area contributed by atoms with Crippen LogP contribution in [0.25, 0.3) is 0 Å². The lowest BCUT2D eigenvalue weighted by atomic mass is 10.1. The predicted octanol–water partition coefficient (Wildman–Crippen LogP) is 2.14. The highest BCUT2D eigenvalue weighted by atomic mass is 32.2. The van der Waals surface area contributed by atoms with Crippen molar-refractivity contribution in [3.63, 3.8) is 0 Å². The van der Waals surface area contributed by atoms with Gasteiger partial charge in [0.15, 0.2) is 32.4 Å². The van der Waals surface area contributed by atoms with Gasteiger partial charge in [0.25, 0.3) is 5.91 Å². The monoisotopic (exact) mass is 493 g/mol. The number of aromatic nitrogens is 3. The molecule has 13 heteroatoms. The largest absolute Gasteiger partial charge is 0.389 e. The number of rotatable bonds is 8. The number of amides is 1. The number of thiazole rings is 1. The Morgan fingerprint density at radius 2 is 2.15 bits per heavy atom. The van der Waals surface area contributed by atoms with Crippen molar-refractivity contribution < 1.29 is 27.2 Å². The molecule has 1 fully saturated rings. The zero-order chi connectivity index (χ0) is 23.4. The molecule has 4 rings (SSSR count). The van der Waals surface area contributed by atoms with Crippen molar-refractivity contribution in [1.29, 1.82) is 0 Å². The molecule has 3 heterocycles. The molecule has 1 saturated heterocycles. The Morgan fingerprint density at radius 1 is 1.36 bits per heavy atom. The molecule has 0 unspecified atom stereocenters. The molecular formula is C20H20FN5O5S2. The van der Waals surface area contributed by atoms with Gasteiger partial charge in [-0.2, -0.15) is 9.49 Å². The van der Waals surface area contributed by atoms with E-state index in [1.54, 1.807) is 24.0 Å². The van der Waals surface area contributed by atoms with Gasteiger partial charge in [-0.1, -0.05) is 28.6 Å². The Morgan fingerprint density at radius 3 is 2.76 bits per heavy atom. The van der Waals surface area contributed by atoms with Gasteiger partial charge in [0.1, 0.15) is 5.69 Å². The van der Waals surface area contributed by atoms with E-state index < -0.39 is 26.1 Å². The number of nitrogens with zero attached hydrogens (tertiary/aromatic N) is 4. The van der Waals surface area contributed by atoms with Gasteiger partial charge < -0.3 is 9.57 Å². The molecule has 0 radical (unpaired) electrons. The smallest absolute Gasteiger partial charge is 0.280 e. The lowest BCUT2D eigenvalue weighted by Crippen LogP contribution is -2.25. The first kappa shape index (κ1) is 23.0. The first-order valence-electron chi connectivity index (χ1n) is 9.86. The maximum Gasteiger partial charge on any atom is 0.280 e. The van der Waals surface area contributed by atoms with Gasteiger partial charge in [-0.15, -0.1) is 0 Å². The van der Waals surface area contributed by atoms with E-state index in [9.17, 15) is 17.6 Å². The van der Waals surface area contributed by atoms with Crippen LogP contribution in [0.5, 0.6) is 0 Å². The Hall–Kier alpha value is -3.16. The Bertz CT molecular complexity index is 1260. The second kappa shape index (κ2) is 9.77. The number of oxime groups is 1. The number of hydrogen-bond acceptors (Lipinski definition) is 9. The van der Waals surface area contributed by atoms with E-state index in [4.69, 9.17) is 9.57 Å². The summed E-state index contributed by atoms with van der Waals surface area (Å²) in [5.41, 5.74) is 0.782. The van der Waals surface area contributed by atoms with Crippen LogP contribution < -0.4 is 5.32 Å². The highest BCUT2D eigenvalue weighted by molar-refractivity contribution is 7.92. The van der Waals surface area contributed by atoms with Gasteiger partial charge in [-0.3, -0.25) is 14.8 Å². The molecule has 2 aromatic heterocycles. The molecule has 1 amide bonds. The molecule has 1 N–H and O–H groups in total. The average molecular weight is 494 g/mol. The predicted molar refractivity (Wildman–Crippen MR) is 118 cm³/mol. The number of anilines is 1. The molecule has 3 aromatic rings. The van der Waals surface area contributed by atoms with Gasteiger partial charge in [0, 0.05) is 25.4 Å². The second-order valence-electron chi connectivity index (χ2n) is 7.17. The fourth-order valence-corrected chi connectivity index (χ4v) is 5.27. The Labute approximate surface area is 193 Å². The summed E-state index contributed by atoms with van der Waals surface area (Å²) < 4.78 is 45.6. The highest BCUT2D eigenvalue weighted by Gasteiger charge is 2.31. The SMILES string of the molecule is Cn1ccc(CON=C(C(=O)Nc2ncc(F)s2)c2ccc(S(=O)(=O)[C@H]3CCOC3)cc2)n1. The topological polar surface area (TPSA) is 125 Å². The van der Waals surface area contributed by atoms with Crippen LogP contribution in [0.2, 0.25) is 0 Å². The highest BCUT2D eigenvalue weighted by Crippen LogP contribution is 2.23. The lowest BCUT2D eigenvalue weighted by molar-refractivity contribution is -0.110. The molecule has 10 nitrogen and oxygen atoms in total. The summed E-state index contributed by atoms with van der Waals surface area (Å²) in [5, 5.41) is 9.47. The van der Waals surface area contributed by atoms with E-state index in [-0.39, 0.29) is 29.0 Å². The number of aryl methyl sites for hydroxylation is 1. The summed E-state index contributed by atoms with van der Waals surface area (Å²) in [6.07, 6.45) is 3.16. The fourth-order valence-electron chi connectivity index (χ4n) is 3.15. The lowest BCUT2D eigenvalue weighted by Gasteiger charge is -2.11. The first-order valence-corrected chi connectivity index (χ1v) is 12.2. The Kier molecular flexibility index (Phi) is 6.81. The zero-order valence-corrected chi connectivity index (χ0v) is 19.1. The van der Waals surface area contributed by atoms with Gasteiger partial charge in [-0.25, -0.2) is 13.4 Å². The van der Waals surface area contributed by atoms with Crippen LogP contribution >= 0.6 is 11.3 Å². The molecule has 0 saturated carbocycles. The summed E-state index contributed by atoms with van der Waals surface area (Å²) >= 11 is 0.663. The van der Waals surface area contributed by atoms with Gasteiger partial charge in [0.2, 0.25) is 0 Å². The van der Waals surface area contributed by atoms with E-state index in [0.717, 1.165) is 6.20 Å². The van der Waals surface area contributed by atoms with Crippen molar-refractivity contribution in [2.24, 2.45) is 12.2 Å². The summed E-state index contributed by atoms with van der Waals surface area (Å²) in [7, 11) is -1.80. The minimum atomic E-state index is -3.56. The quantitative estimate of drug-likeness (QED) is 0.376. The maximum absolute atomic E-state index is 13.3.